The molecule has 3 N–H and O–H groups in total. The molecule has 1 amide bonds. The molecule has 1 aliphatic carbocycles. The summed E-state index contributed by atoms with van der Waals surface area (Å²) in [4.78, 5) is 11.6. The summed E-state index contributed by atoms with van der Waals surface area (Å²) in [5.74, 6) is -0.630. The number of alkyl halides is 3. The number of nitrogens with one attached hydrogen (secondary N) is 1. The highest BCUT2D eigenvalue weighted by molar-refractivity contribution is 6.76. The Morgan fingerprint density at radius 3 is 2.11 bits per heavy atom. The van der Waals surface area contributed by atoms with Crippen LogP contribution in [-0.2, 0) is 4.79 Å². The third-order valence-corrected chi connectivity index (χ3v) is 4.18. The molecule has 0 spiro atoms. The van der Waals surface area contributed by atoms with Gasteiger partial charge in [-0.1, -0.05) is 55.6 Å². The molecule has 0 radical (unpaired) electrons. The second-order valence-electron chi connectivity index (χ2n) is 6.17. The molecule has 0 aromatic rings. The van der Waals surface area contributed by atoms with E-state index in [0.717, 1.165) is 0 Å². The van der Waals surface area contributed by atoms with Gasteiger partial charge in [-0.15, -0.1) is 0 Å². The Bertz CT molecular complexity index is 338. The van der Waals surface area contributed by atoms with Gasteiger partial charge in [0.15, 0.2) is 0 Å². The Morgan fingerprint density at radius 1 is 1.16 bits per heavy atom. The van der Waals surface area contributed by atoms with E-state index in [4.69, 9.17) is 34.8 Å². The van der Waals surface area contributed by atoms with E-state index in [2.05, 4.69) is 26.1 Å². The van der Waals surface area contributed by atoms with Crippen LogP contribution in [0.3, 0.4) is 0 Å². The maximum atomic E-state index is 11.6. The SMILES string of the molecule is CC(C)(C)[C@H]1C[C@H](O)[C@H](O)[C@H](NC(=O)C(Cl)(Cl)Cl)C1. The molecule has 19 heavy (non-hydrogen) atoms. The number of carbonyl (C=O) groups is 1. The van der Waals surface area contributed by atoms with Crippen LogP contribution in [0, 0.1) is 11.3 Å². The Labute approximate surface area is 128 Å². The highest BCUT2D eigenvalue weighted by Gasteiger charge is 2.42. The minimum absolute atomic E-state index is 0.0376. The van der Waals surface area contributed by atoms with Crippen molar-refractivity contribution in [2.45, 2.75) is 55.7 Å². The summed E-state index contributed by atoms with van der Waals surface area (Å²) in [7, 11) is 0. The summed E-state index contributed by atoms with van der Waals surface area (Å²) in [6.07, 6.45) is -0.910. The van der Waals surface area contributed by atoms with Crippen LogP contribution in [0.4, 0.5) is 0 Å². The topological polar surface area (TPSA) is 69.6 Å². The molecule has 0 aromatic heterocycles. The molecule has 0 heterocycles. The predicted molar refractivity (Wildman–Crippen MR) is 76.4 cm³/mol. The summed E-state index contributed by atoms with van der Waals surface area (Å²) < 4.78 is -2.07. The number of rotatable bonds is 1. The van der Waals surface area contributed by atoms with E-state index in [-0.39, 0.29) is 11.3 Å². The largest absolute Gasteiger partial charge is 0.390 e. The van der Waals surface area contributed by atoms with Crippen molar-refractivity contribution < 1.29 is 15.0 Å². The highest BCUT2D eigenvalue weighted by Crippen LogP contribution is 2.38. The van der Waals surface area contributed by atoms with Crippen LogP contribution >= 0.6 is 34.8 Å². The Morgan fingerprint density at radius 2 is 1.68 bits per heavy atom. The summed E-state index contributed by atoms with van der Waals surface area (Å²) in [6.45, 7) is 6.15. The van der Waals surface area contributed by atoms with Crippen LogP contribution in [-0.4, -0.2) is 38.2 Å². The molecule has 7 heteroatoms. The molecule has 0 saturated heterocycles. The van der Waals surface area contributed by atoms with Crippen molar-refractivity contribution in [1.29, 1.82) is 0 Å². The fraction of sp³-hybridized carbons (Fsp3) is 0.917. The molecule has 4 atom stereocenters. The number of carbonyl (C=O) groups excluding carboxylic acids is 1. The van der Waals surface area contributed by atoms with E-state index in [1.54, 1.807) is 0 Å². The summed E-state index contributed by atoms with van der Waals surface area (Å²) in [5.41, 5.74) is -0.0376. The molecule has 0 aromatic carbocycles. The van der Waals surface area contributed by atoms with Crippen molar-refractivity contribution >= 4 is 40.7 Å². The fourth-order valence-corrected chi connectivity index (χ4v) is 2.51. The van der Waals surface area contributed by atoms with E-state index in [1.807, 2.05) is 0 Å². The van der Waals surface area contributed by atoms with Gasteiger partial charge in [-0.25, -0.2) is 0 Å². The summed E-state index contributed by atoms with van der Waals surface area (Å²) in [6, 6.07) is -0.615. The van der Waals surface area contributed by atoms with E-state index in [1.165, 1.54) is 0 Å². The van der Waals surface area contributed by atoms with Crippen LogP contribution < -0.4 is 5.32 Å². The average molecular weight is 333 g/mol. The van der Waals surface area contributed by atoms with Crippen LogP contribution in [0.25, 0.3) is 0 Å². The Hall–Kier alpha value is 0.260. The smallest absolute Gasteiger partial charge is 0.272 e. The second kappa shape index (κ2) is 5.94. The highest BCUT2D eigenvalue weighted by atomic mass is 35.6. The zero-order valence-electron chi connectivity index (χ0n) is 11.2. The monoisotopic (exact) mass is 331 g/mol. The standard InChI is InChI=1S/C12H20Cl3NO3/c1-11(2,3)6-4-7(9(18)8(17)5-6)16-10(19)12(13,14)15/h6-9,17-18H,4-5H2,1-3H3,(H,16,19)/t6-,7-,8+,9-/m1/s1. The van der Waals surface area contributed by atoms with Gasteiger partial charge in [0.1, 0.15) is 6.10 Å². The van der Waals surface area contributed by atoms with Crippen molar-refractivity contribution in [3.8, 4) is 0 Å². The van der Waals surface area contributed by atoms with Crippen molar-refractivity contribution in [2.75, 3.05) is 0 Å². The maximum Gasteiger partial charge on any atom is 0.272 e. The third-order valence-electron chi connectivity index (χ3n) is 3.67. The van der Waals surface area contributed by atoms with Gasteiger partial charge in [0.2, 0.25) is 0 Å². The molecule has 112 valence electrons. The van der Waals surface area contributed by atoms with E-state index < -0.39 is 27.9 Å². The van der Waals surface area contributed by atoms with Crippen molar-refractivity contribution in [3.05, 3.63) is 0 Å². The number of hydrogen-bond acceptors (Lipinski definition) is 3. The lowest BCUT2D eigenvalue weighted by Crippen LogP contribution is -2.56. The van der Waals surface area contributed by atoms with Gasteiger partial charge in [0, 0.05) is 0 Å². The molecule has 0 aliphatic heterocycles. The van der Waals surface area contributed by atoms with Gasteiger partial charge in [-0.3, -0.25) is 4.79 Å². The zero-order chi connectivity index (χ0) is 15.0. The first-order chi connectivity index (χ1) is 8.43. The molecular formula is C12H20Cl3NO3. The second-order valence-corrected chi connectivity index (χ2v) is 8.45. The van der Waals surface area contributed by atoms with Gasteiger partial charge in [0.05, 0.1) is 12.1 Å². The maximum absolute atomic E-state index is 11.6. The first-order valence-electron chi connectivity index (χ1n) is 6.16. The van der Waals surface area contributed by atoms with Crippen LogP contribution in [0.2, 0.25) is 0 Å². The molecular weight excluding hydrogens is 312 g/mol. The molecule has 1 aliphatic rings. The number of halogens is 3. The fourth-order valence-electron chi connectivity index (χ4n) is 2.34. The van der Waals surface area contributed by atoms with E-state index in [0.29, 0.717) is 12.8 Å². The lowest BCUT2D eigenvalue weighted by molar-refractivity contribution is -0.125. The van der Waals surface area contributed by atoms with Gasteiger partial charge < -0.3 is 15.5 Å². The van der Waals surface area contributed by atoms with Gasteiger partial charge in [-0.05, 0) is 24.2 Å². The van der Waals surface area contributed by atoms with Crippen LogP contribution in [0.1, 0.15) is 33.6 Å². The quantitative estimate of drug-likeness (QED) is 0.643. The number of aliphatic hydroxyl groups is 2. The summed E-state index contributed by atoms with van der Waals surface area (Å²) >= 11 is 16.5. The van der Waals surface area contributed by atoms with Gasteiger partial charge >= 0.3 is 0 Å². The molecule has 4 nitrogen and oxygen atoms in total. The minimum atomic E-state index is -2.07. The molecule has 1 saturated carbocycles. The van der Waals surface area contributed by atoms with Gasteiger partial charge in [-0.2, -0.15) is 0 Å². The normalized spacial score (nSPS) is 33.1. The third kappa shape index (κ3) is 4.64. The summed E-state index contributed by atoms with van der Waals surface area (Å²) in [5, 5.41) is 22.3. The number of aliphatic hydroxyl groups excluding tert-OH is 2. The van der Waals surface area contributed by atoms with Gasteiger partial charge in [0.25, 0.3) is 9.70 Å². The molecule has 1 rings (SSSR count). The van der Waals surface area contributed by atoms with E-state index in [9.17, 15) is 15.0 Å². The molecule has 1 fully saturated rings. The zero-order valence-corrected chi connectivity index (χ0v) is 13.4. The molecule has 0 bridgehead atoms. The predicted octanol–water partition coefficient (Wildman–Crippen LogP) is 2.02. The van der Waals surface area contributed by atoms with Crippen molar-refractivity contribution in [3.63, 3.8) is 0 Å². The Kier molecular flexibility index (Phi) is 5.41. The van der Waals surface area contributed by atoms with Crippen LogP contribution in [0.15, 0.2) is 0 Å². The van der Waals surface area contributed by atoms with Crippen LogP contribution in [0.5, 0.6) is 0 Å². The molecule has 0 unspecified atom stereocenters. The number of hydrogen-bond donors (Lipinski definition) is 3. The number of amides is 1. The minimum Gasteiger partial charge on any atom is -0.390 e. The lowest BCUT2D eigenvalue weighted by Gasteiger charge is -2.43. The average Bonchev–Trinajstić information content (AvgIpc) is 2.21. The van der Waals surface area contributed by atoms with Crippen molar-refractivity contribution in [1.82, 2.24) is 5.32 Å². The first kappa shape index (κ1) is 17.3. The Balaban J connectivity index is 2.78. The lowest BCUT2D eigenvalue weighted by atomic mass is 9.69. The van der Waals surface area contributed by atoms with E-state index >= 15 is 0 Å². The first-order valence-corrected chi connectivity index (χ1v) is 7.30. The van der Waals surface area contributed by atoms with Crippen molar-refractivity contribution in [2.24, 2.45) is 11.3 Å².